The van der Waals surface area contributed by atoms with Gasteiger partial charge in [0.15, 0.2) is 5.16 Å². The molecule has 1 amide bonds. The van der Waals surface area contributed by atoms with Crippen LogP contribution in [0.5, 0.6) is 0 Å². The van der Waals surface area contributed by atoms with Crippen molar-refractivity contribution >= 4 is 40.9 Å². The second kappa shape index (κ2) is 12.3. The van der Waals surface area contributed by atoms with E-state index in [1.165, 1.54) is 0 Å². The summed E-state index contributed by atoms with van der Waals surface area (Å²) < 4.78 is 2.33. The summed E-state index contributed by atoms with van der Waals surface area (Å²) in [5.41, 5.74) is 4.84. The van der Waals surface area contributed by atoms with Gasteiger partial charge in [0, 0.05) is 35.0 Å². The zero-order valence-corrected chi connectivity index (χ0v) is 21.8. The number of nitrogens with one attached hydrogen (secondary N) is 1. The molecule has 0 radical (unpaired) electrons. The molecule has 3 aromatic carbocycles. The highest BCUT2D eigenvalue weighted by Crippen LogP contribution is 2.36. The van der Waals surface area contributed by atoms with E-state index in [1.54, 1.807) is 30.0 Å². The van der Waals surface area contributed by atoms with Crippen molar-refractivity contribution in [2.45, 2.75) is 31.5 Å². The van der Waals surface area contributed by atoms with Crippen molar-refractivity contribution in [3.8, 4) is 22.5 Å². The van der Waals surface area contributed by atoms with E-state index < -0.39 is 0 Å². The number of carbonyl (C=O) groups excluding carboxylic acids is 1. The predicted molar refractivity (Wildman–Crippen MR) is 148 cm³/mol. The van der Waals surface area contributed by atoms with Gasteiger partial charge in [0.05, 0.1) is 22.0 Å². The van der Waals surface area contributed by atoms with E-state index in [0.29, 0.717) is 22.2 Å². The third kappa shape index (κ3) is 6.29. The number of rotatable bonds is 10. The van der Waals surface area contributed by atoms with Crippen molar-refractivity contribution in [2.24, 2.45) is 0 Å². The topological polar surface area (TPSA) is 46.9 Å². The van der Waals surface area contributed by atoms with Crippen LogP contribution in [0.3, 0.4) is 0 Å². The largest absolute Gasteiger partial charge is 0.352 e. The molecule has 0 spiro atoms. The van der Waals surface area contributed by atoms with Crippen molar-refractivity contribution < 1.29 is 4.79 Å². The summed E-state index contributed by atoms with van der Waals surface area (Å²) in [6.45, 7) is 3.62. The highest BCUT2D eigenvalue weighted by molar-refractivity contribution is 7.99. The van der Waals surface area contributed by atoms with Gasteiger partial charge in [-0.3, -0.25) is 4.79 Å². The number of hydrogen-bond acceptors (Lipinski definition) is 3. The molecule has 4 aromatic rings. The minimum atomic E-state index is -0.193. The van der Waals surface area contributed by atoms with Crippen molar-refractivity contribution in [2.75, 3.05) is 12.3 Å². The molecular weight excluding hydrogens is 497 g/mol. The lowest BCUT2D eigenvalue weighted by Gasteiger charge is -2.12. The Kier molecular flexibility index (Phi) is 8.91. The fourth-order valence-corrected chi connectivity index (χ4v) is 5.33. The van der Waals surface area contributed by atoms with Gasteiger partial charge in [-0.05, 0) is 31.0 Å². The first kappa shape index (κ1) is 25.4. The van der Waals surface area contributed by atoms with Crippen LogP contribution in [0.1, 0.15) is 30.1 Å². The monoisotopic (exact) mass is 523 g/mol. The fraction of sp³-hybridized carbons (Fsp3) is 0.214. The summed E-state index contributed by atoms with van der Waals surface area (Å²) in [6, 6.07) is 25.7. The lowest BCUT2D eigenvalue weighted by molar-refractivity contribution is 0.0954. The summed E-state index contributed by atoms with van der Waals surface area (Å²) in [6.07, 6.45) is 1.82. The van der Waals surface area contributed by atoms with Crippen LogP contribution in [-0.4, -0.2) is 27.8 Å². The zero-order valence-electron chi connectivity index (χ0n) is 19.5. The first-order valence-electron chi connectivity index (χ1n) is 11.7. The SMILES string of the molecule is CCCn1c(SCCCNC(=O)c2ccc(Cl)cc2Cl)nc(-c2ccccc2)c1-c1ccccc1. The summed E-state index contributed by atoms with van der Waals surface area (Å²) in [7, 11) is 0. The van der Waals surface area contributed by atoms with Crippen LogP contribution in [0, 0.1) is 0 Å². The highest BCUT2D eigenvalue weighted by Gasteiger charge is 2.20. The van der Waals surface area contributed by atoms with Crippen molar-refractivity contribution in [3.05, 3.63) is 94.5 Å². The number of nitrogens with zero attached hydrogens (tertiary/aromatic N) is 2. The molecule has 35 heavy (non-hydrogen) atoms. The van der Waals surface area contributed by atoms with Crippen LogP contribution < -0.4 is 5.32 Å². The molecule has 0 fully saturated rings. The van der Waals surface area contributed by atoms with Gasteiger partial charge < -0.3 is 9.88 Å². The number of halogens is 2. The van der Waals surface area contributed by atoms with Crippen LogP contribution in [0.25, 0.3) is 22.5 Å². The number of thioether (sulfide) groups is 1. The Labute approximate surface area is 220 Å². The van der Waals surface area contributed by atoms with Gasteiger partial charge in [0.2, 0.25) is 0 Å². The van der Waals surface area contributed by atoms with Crippen molar-refractivity contribution in [3.63, 3.8) is 0 Å². The average Bonchev–Trinajstić information content (AvgIpc) is 3.23. The number of benzene rings is 3. The second-order valence-electron chi connectivity index (χ2n) is 8.06. The third-order valence-corrected chi connectivity index (χ3v) is 7.10. The molecule has 0 aliphatic carbocycles. The Morgan fingerprint density at radius 1 is 0.971 bits per heavy atom. The zero-order chi connectivity index (χ0) is 24.6. The van der Waals surface area contributed by atoms with Gasteiger partial charge in [-0.1, -0.05) is 103 Å². The molecule has 180 valence electrons. The van der Waals surface area contributed by atoms with E-state index in [2.05, 4.69) is 53.2 Å². The quantitative estimate of drug-likeness (QED) is 0.170. The van der Waals surface area contributed by atoms with Crippen LogP contribution in [-0.2, 0) is 6.54 Å². The minimum absolute atomic E-state index is 0.193. The van der Waals surface area contributed by atoms with Gasteiger partial charge in [0.25, 0.3) is 5.91 Å². The van der Waals surface area contributed by atoms with Gasteiger partial charge in [0.1, 0.15) is 0 Å². The molecule has 0 unspecified atom stereocenters. The Bertz CT molecular complexity index is 1280. The van der Waals surface area contributed by atoms with Crippen molar-refractivity contribution in [1.29, 1.82) is 0 Å². The lowest BCUT2D eigenvalue weighted by atomic mass is 10.0. The normalized spacial score (nSPS) is 10.9. The number of carbonyl (C=O) groups is 1. The predicted octanol–water partition coefficient (Wildman–Crippen LogP) is 7.85. The molecule has 0 bridgehead atoms. The summed E-state index contributed by atoms with van der Waals surface area (Å²) in [5, 5.41) is 4.81. The Balaban J connectivity index is 1.48. The standard InChI is InChI=1S/C28H27Cl2N3OS/c1-2-17-33-26(21-12-7-4-8-13-21)25(20-10-5-3-6-11-20)32-28(33)35-18-9-16-31-27(34)23-15-14-22(29)19-24(23)30/h3-8,10-15,19H,2,9,16-18H2,1H3,(H,31,34). The Hall–Kier alpha value is -2.73. The lowest BCUT2D eigenvalue weighted by Crippen LogP contribution is -2.25. The van der Waals surface area contributed by atoms with E-state index in [4.69, 9.17) is 28.2 Å². The van der Waals surface area contributed by atoms with E-state index in [9.17, 15) is 4.79 Å². The van der Waals surface area contributed by atoms with Crippen LogP contribution >= 0.6 is 35.0 Å². The van der Waals surface area contributed by atoms with E-state index in [1.807, 2.05) is 24.3 Å². The first-order chi connectivity index (χ1) is 17.1. The maximum atomic E-state index is 12.4. The van der Waals surface area contributed by atoms with Gasteiger partial charge >= 0.3 is 0 Å². The number of aromatic nitrogens is 2. The van der Waals surface area contributed by atoms with E-state index in [0.717, 1.165) is 52.8 Å². The molecule has 0 saturated carbocycles. The molecule has 0 saturated heterocycles. The summed E-state index contributed by atoms with van der Waals surface area (Å²) in [4.78, 5) is 17.5. The fourth-order valence-electron chi connectivity index (χ4n) is 3.87. The molecule has 1 aromatic heterocycles. The molecule has 0 aliphatic heterocycles. The van der Waals surface area contributed by atoms with Gasteiger partial charge in [-0.25, -0.2) is 4.98 Å². The Morgan fingerprint density at radius 3 is 2.31 bits per heavy atom. The smallest absolute Gasteiger partial charge is 0.252 e. The molecular formula is C28H27Cl2N3OS. The number of amides is 1. The first-order valence-corrected chi connectivity index (χ1v) is 13.4. The van der Waals surface area contributed by atoms with Crippen LogP contribution in [0.4, 0.5) is 0 Å². The number of imidazole rings is 1. The van der Waals surface area contributed by atoms with E-state index in [-0.39, 0.29) is 5.91 Å². The molecule has 1 heterocycles. The van der Waals surface area contributed by atoms with Gasteiger partial charge in [-0.15, -0.1) is 0 Å². The maximum absolute atomic E-state index is 12.4. The van der Waals surface area contributed by atoms with Crippen LogP contribution in [0.15, 0.2) is 84.0 Å². The third-order valence-electron chi connectivity index (χ3n) is 5.49. The molecule has 7 heteroatoms. The summed E-state index contributed by atoms with van der Waals surface area (Å²) in [5.74, 6) is 0.638. The van der Waals surface area contributed by atoms with Crippen LogP contribution in [0.2, 0.25) is 10.0 Å². The molecule has 4 nitrogen and oxygen atoms in total. The minimum Gasteiger partial charge on any atom is -0.352 e. The second-order valence-corrected chi connectivity index (χ2v) is 9.96. The molecule has 1 N–H and O–H groups in total. The highest BCUT2D eigenvalue weighted by atomic mass is 35.5. The summed E-state index contributed by atoms with van der Waals surface area (Å²) >= 11 is 13.8. The number of hydrogen-bond donors (Lipinski definition) is 1. The van der Waals surface area contributed by atoms with E-state index >= 15 is 0 Å². The average molecular weight is 525 g/mol. The van der Waals surface area contributed by atoms with Gasteiger partial charge in [-0.2, -0.15) is 0 Å². The van der Waals surface area contributed by atoms with Crippen molar-refractivity contribution in [1.82, 2.24) is 14.9 Å². The molecule has 0 aliphatic rings. The maximum Gasteiger partial charge on any atom is 0.252 e. The molecule has 0 atom stereocenters. The Morgan fingerprint density at radius 2 is 1.66 bits per heavy atom. The molecule has 4 rings (SSSR count).